The van der Waals surface area contributed by atoms with Gasteiger partial charge in [-0.2, -0.15) is 26.3 Å². The fraction of sp³-hybridized carbons (Fsp3) is 0.593. The fourth-order valence-electron chi connectivity index (χ4n) is 6.13. The van der Waals surface area contributed by atoms with E-state index in [0.29, 0.717) is 25.0 Å². The number of carbonyl (C=O) groups excluding carboxylic acids is 3. The summed E-state index contributed by atoms with van der Waals surface area (Å²) in [5.41, 5.74) is -7.23. The molecular formula is C27H30F6N2O3. The van der Waals surface area contributed by atoms with Crippen molar-refractivity contribution in [3.05, 3.63) is 46.7 Å². The lowest BCUT2D eigenvalue weighted by Crippen LogP contribution is -2.67. The lowest BCUT2D eigenvalue weighted by Gasteiger charge is -2.43. The minimum Gasteiger partial charge on any atom is -0.326 e. The van der Waals surface area contributed by atoms with E-state index in [4.69, 9.17) is 0 Å². The number of rotatable bonds is 3. The van der Waals surface area contributed by atoms with Gasteiger partial charge in [0.1, 0.15) is 0 Å². The van der Waals surface area contributed by atoms with Crippen LogP contribution in [0.4, 0.5) is 26.3 Å². The van der Waals surface area contributed by atoms with Crippen LogP contribution in [0.25, 0.3) is 0 Å². The average Bonchev–Trinajstić information content (AvgIpc) is 3.02. The predicted molar refractivity (Wildman–Crippen MR) is 126 cm³/mol. The van der Waals surface area contributed by atoms with Crippen LogP contribution in [-0.2, 0) is 15.8 Å². The molecule has 208 valence electrons. The summed E-state index contributed by atoms with van der Waals surface area (Å²) in [6.45, 7) is 7.25. The molecule has 0 bridgehead atoms. The molecule has 38 heavy (non-hydrogen) atoms. The lowest BCUT2D eigenvalue weighted by molar-refractivity contribution is -0.192. The molecule has 0 saturated heterocycles. The molecule has 4 rings (SSSR count). The SMILES string of the molecule is C[C@H]1[C@H](C)CCC[C@@H]1N1C(=O)[C@](NC(=O)c2cccc(C(F)(F)F)c2)(C(F)(F)F)C2=C1CC(C)(C)CC2=O. The van der Waals surface area contributed by atoms with Gasteiger partial charge >= 0.3 is 12.4 Å². The van der Waals surface area contributed by atoms with Crippen LogP contribution in [0.1, 0.15) is 75.7 Å². The number of ketones is 1. The first-order chi connectivity index (χ1) is 17.4. The normalized spacial score (nSPS) is 29.9. The van der Waals surface area contributed by atoms with Crippen LogP contribution >= 0.6 is 0 Å². The van der Waals surface area contributed by atoms with Crippen molar-refractivity contribution in [2.24, 2.45) is 17.3 Å². The van der Waals surface area contributed by atoms with E-state index < -0.39 is 63.6 Å². The van der Waals surface area contributed by atoms with Crippen molar-refractivity contribution in [1.82, 2.24) is 10.2 Å². The molecular weight excluding hydrogens is 514 g/mol. The van der Waals surface area contributed by atoms with Crippen molar-refractivity contribution in [3.63, 3.8) is 0 Å². The Morgan fingerprint density at radius 3 is 2.29 bits per heavy atom. The number of amides is 2. The predicted octanol–water partition coefficient (Wildman–Crippen LogP) is 6.05. The number of Topliss-reactive ketones (excluding diaryl/α,β-unsaturated/α-hetero) is 1. The van der Waals surface area contributed by atoms with Gasteiger partial charge in [-0.25, -0.2) is 0 Å². The Balaban J connectivity index is 1.88. The van der Waals surface area contributed by atoms with Gasteiger partial charge in [-0.05, 0) is 48.3 Å². The Bertz CT molecular complexity index is 1200. The second kappa shape index (κ2) is 9.12. The van der Waals surface area contributed by atoms with Crippen molar-refractivity contribution in [2.75, 3.05) is 0 Å². The molecule has 1 N–H and O–H groups in total. The van der Waals surface area contributed by atoms with E-state index in [0.717, 1.165) is 23.5 Å². The van der Waals surface area contributed by atoms with Crippen molar-refractivity contribution >= 4 is 17.6 Å². The standard InChI is InChI=1S/C27H30F6N2O3/c1-14-7-5-10-18(15(14)2)35-19-12-24(3,4)13-20(36)21(19)25(23(35)38,27(31,32)33)34-22(37)16-8-6-9-17(11-16)26(28,29)30/h6,8-9,11,14-15,18H,5,7,10,12-13H2,1-4H3,(H,34,37)/t14-,15+,18+,25+/m1/s1. The number of carbonyl (C=O) groups is 3. The third kappa shape index (κ3) is 4.51. The number of allylic oxidation sites excluding steroid dienone is 1. The van der Waals surface area contributed by atoms with Gasteiger partial charge in [-0.1, -0.05) is 46.6 Å². The van der Waals surface area contributed by atoms with Crippen LogP contribution in [0.3, 0.4) is 0 Å². The molecule has 11 heteroatoms. The summed E-state index contributed by atoms with van der Waals surface area (Å²) in [6, 6.07) is 2.30. The second-order valence-corrected chi connectivity index (χ2v) is 11.6. The van der Waals surface area contributed by atoms with E-state index in [1.54, 1.807) is 19.2 Å². The van der Waals surface area contributed by atoms with Crippen LogP contribution in [0, 0.1) is 17.3 Å². The number of hydrogen-bond donors (Lipinski definition) is 1. The highest BCUT2D eigenvalue weighted by molar-refractivity contribution is 6.14. The zero-order valence-electron chi connectivity index (χ0n) is 21.5. The Hall–Kier alpha value is -2.85. The summed E-state index contributed by atoms with van der Waals surface area (Å²) >= 11 is 0. The number of alkyl halides is 6. The molecule has 2 aliphatic carbocycles. The molecule has 1 aromatic rings. The van der Waals surface area contributed by atoms with Gasteiger partial charge in [-0.15, -0.1) is 0 Å². The third-order valence-electron chi connectivity index (χ3n) is 8.23. The highest BCUT2D eigenvalue weighted by Crippen LogP contribution is 2.54. The Morgan fingerprint density at radius 1 is 1.03 bits per heavy atom. The first-order valence-electron chi connectivity index (χ1n) is 12.6. The molecule has 5 nitrogen and oxygen atoms in total. The van der Waals surface area contributed by atoms with E-state index in [2.05, 4.69) is 0 Å². The number of hydrogen-bond acceptors (Lipinski definition) is 3. The first-order valence-corrected chi connectivity index (χ1v) is 12.6. The summed E-state index contributed by atoms with van der Waals surface area (Å²) in [7, 11) is 0. The topological polar surface area (TPSA) is 66.5 Å². The zero-order chi connectivity index (χ0) is 28.4. The second-order valence-electron chi connectivity index (χ2n) is 11.6. The summed E-state index contributed by atoms with van der Waals surface area (Å²) < 4.78 is 84.7. The van der Waals surface area contributed by atoms with Gasteiger partial charge in [-0.3, -0.25) is 14.4 Å². The molecule has 1 aromatic carbocycles. The molecule has 0 spiro atoms. The molecule has 3 aliphatic rings. The lowest BCUT2D eigenvalue weighted by atomic mass is 9.72. The maximum atomic E-state index is 15.0. The van der Waals surface area contributed by atoms with Gasteiger partial charge in [0.25, 0.3) is 11.8 Å². The third-order valence-corrected chi connectivity index (χ3v) is 8.23. The number of nitrogens with zero attached hydrogens (tertiary/aromatic N) is 1. The number of benzene rings is 1. The number of nitrogens with one attached hydrogen (secondary N) is 1. The van der Waals surface area contributed by atoms with E-state index in [1.165, 1.54) is 0 Å². The average molecular weight is 545 g/mol. The highest BCUT2D eigenvalue weighted by atomic mass is 19.4. The first kappa shape index (κ1) is 28.2. The maximum Gasteiger partial charge on any atom is 0.425 e. The molecule has 4 atom stereocenters. The van der Waals surface area contributed by atoms with E-state index >= 15 is 13.2 Å². The Morgan fingerprint density at radius 2 is 1.68 bits per heavy atom. The molecule has 0 aromatic heterocycles. The van der Waals surface area contributed by atoms with Gasteiger partial charge in [0, 0.05) is 23.7 Å². The summed E-state index contributed by atoms with van der Waals surface area (Å²) in [5.74, 6) is -3.99. The number of halogens is 6. The van der Waals surface area contributed by atoms with Gasteiger partial charge in [0.15, 0.2) is 5.78 Å². The van der Waals surface area contributed by atoms with Crippen molar-refractivity contribution in [1.29, 1.82) is 0 Å². The Kier molecular flexibility index (Phi) is 6.76. The molecule has 1 aliphatic heterocycles. The molecule has 0 unspecified atom stereocenters. The molecule has 1 fully saturated rings. The van der Waals surface area contributed by atoms with Crippen molar-refractivity contribution in [2.45, 2.75) is 83.7 Å². The minimum absolute atomic E-state index is 0.00860. The summed E-state index contributed by atoms with van der Waals surface area (Å²) in [4.78, 5) is 41.5. The molecule has 0 radical (unpaired) electrons. The Labute approximate surface area is 216 Å². The zero-order valence-corrected chi connectivity index (χ0v) is 21.5. The summed E-state index contributed by atoms with van der Waals surface area (Å²) in [6.07, 6.45) is -8.60. The van der Waals surface area contributed by atoms with E-state index in [1.807, 2.05) is 13.8 Å². The minimum atomic E-state index is -5.43. The van der Waals surface area contributed by atoms with Crippen LogP contribution in [0.15, 0.2) is 35.5 Å². The van der Waals surface area contributed by atoms with Crippen LogP contribution in [-0.4, -0.2) is 40.3 Å². The molecule has 2 amide bonds. The van der Waals surface area contributed by atoms with E-state index in [9.17, 15) is 27.6 Å². The monoisotopic (exact) mass is 544 g/mol. The van der Waals surface area contributed by atoms with Gasteiger partial charge in [0.2, 0.25) is 5.54 Å². The summed E-state index contributed by atoms with van der Waals surface area (Å²) in [5, 5.41) is 1.73. The van der Waals surface area contributed by atoms with Crippen molar-refractivity contribution < 1.29 is 40.7 Å². The van der Waals surface area contributed by atoms with Crippen LogP contribution in [0.2, 0.25) is 0 Å². The van der Waals surface area contributed by atoms with Crippen LogP contribution < -0.4 is 5.32 Å². The maximum absolute atomic E-state index is 15.0. The van der Waals surface area contributed by atoms with Crippen molar-refractivity contribution in [3.8, 4) is 0 Å². The smallest absolute Gasteiger partial charge is 0.326 e. The molecule has 1 saturated carbocycles. The highest BCUT2D eigenvalue weighted by Gasteiger charge is 2.72. The quantitative estimate of drug-likeness (QED) is 0.472. The largest absolute Gasteiger partial charge is 0.425 e. The van der Waals surface area contributed by atoms with Gasteiger partial charge in [0.05, 0.1) is 11.1 Å². The molecule has 1 heterocycles. The van der Waals surface area contributed by atoms with Gasteiger partial charge < -0.3 is 10.2 Å². The fourth-order valence-corrected chi connectivity index (χ4v) is 6.13. The van der Waals surface area contributed by atoms with E-state index in [-0.39, 0.29) is 30.4 Å². The van der Waals surface area contributed by atoms with Crippen LogP contribution in [0.5, 0.6) is 0 Å².